The summed E-state index contributed by atoms with van der Waals surface area (Å²) in [6, 6.07) is 8.09. The summed E-state index contributed by atoms with van der Waals surface area (Å²) >= 11 is 0. The maximum absolute atomic E-state index is 12.0. The fraction of sp³-hybridized carbons (Fsp3) is 0.650. The summed E-state index contributed by atoms with van der Waals surface area (Å²) in [7, 11) is 2.16. The molecule has 2 N–H and O–H groups in total. The molecule has 0 bridgehead atoms. The summed E-state index contributed by atoms with van der Waals surface area (Å²) in [6.45, 7) is 5.10. The van der Waals surface area contributed by atoms with Gasteiger partial charge in [-0.25, -0.2) is 4.79 Å². The van der Waals surface area contributed by atoms with E-state index in [9.17, 15) is 4.79 Å². The molecule has 1 saturated carbocycles. The summed E-state index contributed by atoms with van der Waals surface area (Å²) in [5.41, 5.74) is 2.09. The Balaban J connectivity index is 1.39. The number of piperazine rings is 1. The fourth-order valence-corrected chi connectivity index (χ4v) is 3.86. The summed E-state index contributed by atoms with van der Waals surface area (Å²) in [5, 5.41) is 5.94. The van der Waals surface area contributed by atoms with E-state index in [0.29, 0.717) is 0 Å². The lowest BCUT2D eigenvalue weighted by atomic mass is 9.87. The molecule has 2 aliphatic rings. The van der Waals surface area contributed by atoms with E-state index in [1.165, 1.54) is 37.8 Å². The van der Waals surface area contributed by atoms with Crippen molar-refractivity contribution in [2.24, 2.45) is 5.92 Å². The first-order valence-electron chi connectivity index (χ1n) is 9.79. The Bertz CT molecular complexity index is 531. The van der Waals surface area contributed by atoms with Crippen molar-refractivity contribution in [3.8, 4) is 0 Å². The van der Waals surface area contributed by atoms with Gasteiger partial charge < -0.3 is 20.4 Å². The van der Waals surface area contributed by atoms with Crippen LogP contribution >= 0.6 is 0 Å². The van der Waals surface area contributed by atoms with E-state index in [1.54, 1.807) is 0 Å². The molecule has 1 aliphatic heterocycles. The molecule has 0 atom stereocenters. The van der Waals surface area contributed by atoms with Crippen LogP contribution in [0.2, 0.25) is 0 Å². The number of hydrogen-bond acceptors (Lipinski definition) is 3. The lowest BCUT2D eigenvalue weighted by Gasteiger charge is -2.34. The average Bonchev–Trinajstić information content (AvgIpc) is 2.64. The van der Waals surface area contributed by atoms with Crippen LogP contribution in [-0.4, -0.2) is 50.7 Å². The van der Waals surface area contributed by atoms with Gasteiger partial charge in [-0.2, -0.15) is 0 Å². The van der Waals surface area contributed by atoms with Crippen molar-refractivity contribution < 1.29 is 4.79 Å². The number of hydrogen-bond donors (Lipinski definition) is 2. The summed E-state index contributed by atoms with van der Waals surface area (Å²) in [4.78, 5) is 16.8. The molecule has 2 fully saturated rings. The minimum Gasteiger partial charge on any atom is -0.369 e. The number of likely N-dealkylation sites (N-methyl/N-ethyl adjacent to an activating group) is 1. The minimum atomic E-state index is -0.0943. The van der Waals surface area contributed by atoms with Gasteiger partial charge in [0.05, 0.1) is 0 Å². The molecule has 5 nitrogen and oxygen atoms in total. The van der Waals surface area contributed by atoms with Crippen molar-refractivity contribution in [3.63, 3.8) is 0 Å². The van der Waals surface area contributed by atoms with Gasteiger partial charge in [0.25, 0.3) is 0 Å². The number of anilines is 2. The second-order valence-electron chi connectivity index (χ2n) is 7.51. The van der Waals surface area contributed by atoms with Crippen LogP contribution in [-0.2, 0) is 0 Å². The molecular weight excluding hydrogens is 312 g/mol. The fourth-order valence-electron chi connectivity index (χ4n) is 3.86. The average molecular weight is 345 g/mol. The zero-order chi connectivity index (χ0) is 17.5. The van der Waals surface area contributed by atoms with E-state index in [4.69, 9.17) is 0 Å². The van der Waals surface area contributed by atoms with Crippen molar-refractivity contribution in [1.29, 1.82) is 0 Å². The molecule has 0 spiro atoms. The molecule has 138 valence electrons. The molecule has 1 aromatic rings. The molecule has 0 aromatic heterocycles. The van der Waals surface area contributed by atoms with Crippen molar-refractivity contribution in [1.82, 2.24) is 10.2 Å². The van der Waals surface area contributed by atoms with E-state index in [-0.39, 0.29) is 6.03 Å². The Morgan fingerprint density at radius 3 is 2.40 bits per heavy atom. The van der Waals surface area contributed by atoms with Crippen molar-refractivity contribution >= 4 is 17.4 Å². The standard InChI is InChI=1S/C20H32N4O/c1-23-13-15-24(16-14-23)19-9-7-18(8-10-19)22-20(25)21-12-11-17-5-3-2-4-6-17/h7-10,17H,2-6,11-16H2,1H3,(H2,21,22,25). The van der Waals surface area contributed by atoms with Gasteiger partial charge in [0.2, 0.25) is 0 Å². The third-order valence-corrected chi connectivity index (χ3v) is 5.56. The first kappa shape index (κ1) is 18.1. The van der Waals surface area contributed by atoms with Gasteiger partial charge in [-0.05, 0) is 43.7 Å². The van der Waals surface area contributed by atoms with Crippen molar-refractivity contribution in [3.05, 3.63) is 24.3 Å². The molecule has 1 aromatic carbocycles. The second-order valence-corrected chi connectivity index (χ2v) is 7.51. The highest BCUT2D eigenvalue weighted by Gasteiger charge is 2.15. The third-order valence-electron chi connectivity index (χ3n) is 5.56. The van der Waals surface area contributed by atoms with E-state index in [0.717, 1.165) is 50.7 Å². The van der Waals surface area contributed by atoms with Crippen LogP contribution in [0.5, 0.6) is 0 Å². The molecular formula is C20H32N4O. The molecule has 2 amide bonds. The van der Waals surface area contributed by atoms with E-state index >= 15 is 0 Å². The number of carbonyl (C=O) groups is 1. The Labute approximate surface area is 151 Å². The van der Waals surface area contributed by atoms with Crippen LogP contribution in [0.3, 0.4) is 0 Å². The molecule has 0 radical (unpaired) electrons. The first-order chi connectivity index (χ1) is 12.2. The van der Waals surface area contributed by atoms with Gasteiger partial charge in [0.1, 0.15) is 0 Å². The SMILES string of the molecule is CN1CCN(c2ccc(NC(=O)NCCC3CCCCC3)cc2)CC1. The van der Waals surface area contributed by atoms with Gasteiger partial charge >= 0.3 is 6.03 Å². The van der Waals surface area contributed by atoms with Gasteiger partial charge in [0.15, 0.2) is 0 Å². The smallest absolute Gasteiger partial charge is 0.319 e. The predicted molar refractivity (Wildman–Crippen MR) is 104 cm³/mol. The van der Waals surface area contributed by atoms with Crippen LogP contribution in [0.1, 0.15) is 38.5 Å². The highest BCUT2D eigenvalue weighted by atomic mass is 16.2. The molecule has 1 saturated heterocycles. The Morgan fingerprint density at radius 2 is 1.72 bits per heavy atom. The number of rotatable bonds is 5. The number of carbonyl (C=O) groups excluding carboxylic acids is 1. The van der Waals surface area contributed by atoms with Gasteiger partial charge in [-0.1, -0.05) is 32.1 Å². The van der Waals surface area contributed by atoms with Crippen LogP contribution in [0.4, 0.5) is 16.2 Å². The summed E-state index contributed by atoms with van der Waals surface area (Å²) in [6.07, 6.45) is 7.87. The summed E-state index contributed by atoms with van der Waals surface area (Å²) < 4.78 is 0. The molecule has 1 aliphatic carbocycles. The topological polar surface area (TPSA) is 47.6 Å². The van der Waals surface area contributed by atoms with Crippen LogP contribution < -0.4 is 15.5 Å². The van der Waals surface area contributed by atoms with E-state index < -0.39 is 0 Å². The number of benzene rings is 1. The molecule has 0 unspecified atom stereocenters. The normalized spacial score (nSPS) is 19.6. The second kappa shape index (κ2) is 9.09. The van der Waals surface area contributed by atoms with Gasteiger partial charge in [-0.3, -0.25) is 0 Å². The van der Waals surface area contributed by atoms with E-state index in [2.05, 4.69) is 39.6 Å². The minimum absolute atomic E-state index is 0.0943. The maximum Gasteiger partial charge on any atom is 0.319 e. The highest BCUT2D eigenvalue weighted by Crippen LogP contribution is 2.25. The lowest BCUT2D eigenvalue weighted by molar-refractivity contribution is 0.250. The van der Waals surface area contributed by atoms with Crippen molar-refractivity contribution in [2.75, 3.05) is 50.0 Å². The largest absolute Gasteiger partial charge is 0.369 e. The Hall–Kier alpha value is -1.75. The van der Waals surface area contributed by atoms with Gasteiger partial charge in [-0.15, -0.1) is 0 Å². The molecule has 3 rings (SSSR count). The van der Waals surface area contributed by atoms with Crippen molar-refractivity contribution in [2.45, 2.75) is 38.5 Å². The summed E-state index contributed by atoms with van der Waals surface area (Å²) in [5.74, 6) is 0.803. The zero-order valence-electron chi connectivity index (χ0n) is 15.5. The maximum atomic E-state index is 12.0. The predicted octanol–water partition coefficient (Wildman–Crippen LogP) is 3.53. The Morgan fingerprint density at radius 1 is 1.04 bits per heavy atom. The number of nitrogens with zero attached hydrogens (tertiary/aromatic N) is 2. The molecule has 5 heteroatoms. The molecule has 1 heterocycles. The third kappa shape index (κ3) is 5.63. The number of amides is 2. The highest BCUT2D eigenvalue weighted by molar-refractivity contribution is 5.89. The quantitative estimate of drug-likeness (QED) is 0.859. The molecule has 25 heavy (non-hydrogen) atoms. The van der Waals surface area contributed by atoms with Gasteiger partial charge in [0, 0.05) is 44.1 Å². The van der Waals surface area contributed by atoms with Crippen LogP contribution in [0, 0.1) is 5.92 Å². The number of nitrogens with one attached hydrogen (secondary N) is 2. The van der Waals surface area contributed by atoms with Crippen LogP contribution in [0.15, 0.2) is 24.3 Å². The zero-order valence-corrected chi connectivity index (χ0v) is 15.5. The van der Waals surface area contributed by atoms with E-state index in [1.807, 2.05) is 12.1 Å². The van der Waals surface area contributed by atoms with Crippen LogP contribution in [0.25, 0.3) is 0 Å². The number of urea groups is 1. The lowest BCUT2D eigenvalue weighted by Crippen LogP contribution is -2.44. The Kier molecular flexibility index (Phi) is 6.56. The first-order valence-corrected chi connectivity index (χ1v) is 9.79. The monoisotopic (exact) mass is 344 g/mol.